The van der Waals surface area contributed by atoms with Crippen LogP contribution in [0.4, 0.5) is 4.79 Å². The molecule has 2 atom stereocenters. The molecule has 0 aliphatic heterocycles. The molecule has 22 heavy (non-hydrogen) atoms. The Labute approximate surface area is 129 Å². The van der Waals surface area contributed by atoms with Crippen LogP contribution in [-0.2, 0) is 18.9 Å². The fraction of sp³-hybridized carbons (Fsp3) is 0.235. The number of hydrogen-bond acceptors (Lipinski definition) is 5. The predicted octanol–water partition coefficient (Wildman–Crippen LogP) is 3.83. The molecule has 5 nitrogen and oxygen atoms in total. The van der Waals surface area contributed by atoms with Crippen LogP contribution in [0.3, 0.4) is 0 Å². The first kappa shape index (κ1) is 16.0. The molecule has 2 aromatic rings. The number of carbonyl (C=O) groups excluding carboxylic acids is 1. The van der Waals surface area contributed by atoms with Gasteiger partial charge in [0.2, 0.25) is 12.6 Å². The van der Waals surface area contributed by atoms with Crippen molar-refractivity contribution in [1.29, 1.82) is 0 Å². The summed E-state index contributed by atoms with van der Waals surface area (Å²) in [5, 5.41) is 0. The van der Waals surface area contributed by atoms with Gasteiger partial charge in [-0.3, -0.25) is 0 Å². The van der Waals surface area contributed by atoms with Crippen LogP contribution in [0.5, 0.6) is 0 Å². The first-order valence-corrected chi connectivity index (χ1v) is 6.77. The Bertz CT molecular complexity index is 519. The van der Waals surface area contributed by atoms with Gasteiger partial charge in [0.15, 0.2) is 0 Å². The van der Waals surface area contributed by atoms with Crippen LogP contribution in [0.25, 0.3) is 0 Å². The Hall–Kier alpha value is -2.37. The Morgan fingerprint density at radius 1 is 0.727 bits per heavy atom. The van der Waals surface area contributed by atoms with Crippen molar-refractivity contribution in [2.75, 3.05) is 14.2 Å². The highest BCUT2D eigenvalue weighted by Gasteiger charge is 2.21. The molecule has 0 bridgehead atoms. The number of carbonyl (C=O) groups is 1. The smallest absolute Gasteiger partial charge is 0.400 e. The molecule has 0 saturated carbocycles. The van der Waals surface area contributed by atoms with Crippen LogP contribution in [0.15, 0.2) is 60.7 Å². The average Bonchev–Trinajstić information content (AvgIpc) is 2.59. The summed E-state index contributed by atoms with van der Waals surface area (Å²) in [6.07, 6.45) is -2.53. The van der Waals surface area contributed by atoms with E-state index >= 15 is 0 Å². The van der Waals surface area contributed by atoms with Gasteiger partial charge in [0.1, 0.15) is 0 Å². The molecule has 0 heterocycles. The molecule has 0 aromatic heterocycles. The lowest BCUT2D eigenvalue weighted by atomic mass is 10.2. The first-order chi connectivity index (χ1) is 10.7. The minimum atomic E-state index is -0.869. The number of hydrogen-bond donors (Lipinski definition) is 0. The third-order valence-corrected chi connectivity index (χ3v) is 2.98. The van der Waals surface area contributed by atoms with E-state index in [9.17, 15) is 4.79 Å². The Morgan fingerprint density at radius 2 is 1.09 bits per heavy atom. The van der Waals surface area contributed by atoms with E-state index < -0.39 is 18.7 Å². The fourth-order valence-corrected chi connectivity index (χ4v) is 1.93. The van der Waals surface area contributed by atoms with E-state index in [0.29, 0.717) is 0 Å². The molecular formula is C17H18O5. The van der Waals surface area contributed by atoms with Crippen molar-refractivity contribution in [3.63, 3.8) is 0 Å². The molecule has 0 radical (unpaired) electrons. The fourth-order valence-electron chi connectivity index (χ4n) is 1.93. The standard InChI is InChI=1S/C17H18O5/c1-19-15(13-9-5-3-6-10-13)21-17(18)22-16(20-2)14-11-7-4-8-12-14/h3-12,15-16H,1-2H3. The maximum atomic E-state index is 11.9. The number of benzene rings is 2. The van der Waals surface area contributed by atoms with Crippen LogP contribution in [0.2, 0.25) is 0 Å². The van der Waals surface area contributed by atoms with Crippen LogP contribution < -0.4 is 0 Å². The minimum absolute atomic E-state index is 0.718. The minimum Gasteiger partial charge on any atom is -0.400 e. The van der Waals surface area contributed by atoms with Gasteiger partial charge in [-0.05, 0) is 0 Å². The zero-order chi connectivity index (χ0) is 15.8. The summed E-state index contributed by atoms with van der Waals surface area (Å²) in [5.41, 5.74) is 1.44. The SMILES string of the molecule is COC(OC(=O)OC(OC)c1ccccc1)c1ccccc1. The van der Waals surface area contributed by atoms with Gasteiger partial charge in [0.25, 0.3) is 0 Å². The third kappa shape index (κ3) is 4.31. The maximum absolute atomic E-state index is 11.9. The van der Waals surface area contributed by atoms with E-state index in [-0.39, 0.29) is 0 Å². The molecule has 2 rings (SSSR count). The molecule has 0 aliphatic carbocycles. The molecule has 0 amide bonds. The van der Waals surface area contributed by atoms with Crippen LogP contribution in [0, 0.1) is 0 Å². The first-order valence-electron chi connectivity index (χ1n) is 6.77. The summed E-state index contributed by atoms with van der Waals surface area (Å²) in [6.45, 7) is 0. The summed E-state index contributed by atoms with van der Waals surface area (Å²) in [6, 6.07) is 18.2. The lowest BCUT2D eigenvalue weighted by Crippen LogP contribution is -2.18. The van der Waals surface area contributed by atoms with Crippen molar-refractivity contribution < 1.29 is 23.7 Å². The van der Waals surface area contributed by atoms with E-state index in [0.717, 1.165) is 11.1 Å². The number of methoxy groups -OCH3 is 2. The Kier molecular flexibility index (Phi) is 5.94. The van der Waals surface area contributed by atoms with Crippen LogP contribution >= 0.6 is 0 Å². The molecule has 0 aliphatic rings. The average molecular weight is 302 g/mol. The van der Waals surface area contributed by atoms with E-state index in [4.69, 9.17) is 18.9 Å². The van der Waals surface area contributed by atoms with Crippen molar-refractivity contribution in [1.82, 2.24) is 0 Å². The Morgan fingerprint density at radius 3 is 1.41 bits per heavy atom. The number of rotatable bonds is 6. The molecule has 0 spiro atoms. The second-order valence-electron chi connectivity index (χ2n) is 4.44. The van der Waals surface area contributed by atoms with Crippen molar-refractivity contribution in [3.8, 4) is 0 Å². The molecule has 0 N–H and O–H groups in total. The summed E-state index contributed by atoms with van der Waals surface area (Å²) in [5.74, 6) is 0. The second-order valence-corrected chi connectivity index (χ2v) is 4.44. The quantitative estimate of drug-likeness (QED) is 0.599. The van der Waals surface area contributed by atoms with Crippen molar-refractivity contribution >= 4 is 6.16 Å². The van der Waals surface area contributed by atoms with E-state index in [1.807, 2.05) is 36.4 Å². The van der Waals surface area contributed by atoms with Gasteiger partial charge in [0.05, 0.1) is 0 Å². The molecular weight excluding hydrogens is 284 g/mol. The van der Waals surface area contributed by atoms with Gasteiger partial charge in [-0.15, -0.1) is 0 Å². The second kappa shape index (κ2) is 8.17. The monoisotopic (exact) mass is 302 g/mol. The highest BCUT2D eigenvalue weighted by molar-refractivity contribution is 5.60. The summed E-state index contributed by atoms with van der Waals surface area (Å²) in [4.78, 5) is 11.9. The predicted molar refractivity (Wildman–Crippen MR) is 80.0 cm³/mol. The lowest BCUT2D eigenvalue weighted by molar-refractivity contribution is -0.151. The van der Waals surface area contributed by atoms with E-state index in [2.05, 4.69) is 0 Å². The third-order valence-electron chi connectivity index (χ3n) is 2.98. The van der Waals surface area contributed by atoms with Crippen LogP contribution in [-0.4, -0.2) is 20.4 Å². The van der Waals surface area contributed by atoms with Crippen molar-refractivity contribution in [3.05, 3.63) is 71.8 Å². The molecule has 0 fully saturated rings. The molecule has 0 saturated heterocycles. The maximum Gasteiger partial charge on any atom is 0.513 e. The summed E-state index contributed by atoms with van der Waals surface area (Å²) in [7, 11) is 2.91. The molecule has 5 heteroatoms. The van der Waals surface area contributed by atoms with E-state index in [1.165, 1.54) is 14.2 Å². The van der Waals surface area contributed by atoms with Gasteiger partial charge < -0.3 is 18.9 Å². The topological polar surface area (TPSA) is 54.0 Å². The molecule has 2 unspecified atom stereocenters. The zero-order valence-corrected chi connectivity index (χ0v) is 12.5. The number of ether oxygens (including phenoxy) is 4. The molecule has 2 aromatic carbocycles. The van der Waals surface area contributed by atoms with Gasteiger partial charge in [0, 0.05) is 25.3 Å². The molecule has 116 valence electrons. The Balaban J connectivity index is 1.99. The summed E-state index contributed by atoms with van der Waals surface area (Å²) >= 11 is 0. The van der Waals surface area contributed by atoms with Crippen molar-refractivity contribution in [2.24, 2.45) is 0 Å². The normalized spacial score (nSPS) is 13.2. The van der Waals surface area contributed by atoms with E-state index in [1.54, 1.807) is 24.3 Å². The largest absolute Gasteiger partial charge is 0.513 e. The van der Waals surface area contributed by atoms with Gasteiger partial charge in [-0.2, -0.15) is 0 Å². The van der Waals surface area contributed by atoms with Gasteiger partial charge in [-0.25, -0.2) is 4.79 Å². The van der Waals surface area contributed by atoms with Crippen LogP contribution in [0.1, 0.15) is 23.7 Å². The highest BCUT2D eigenvalue weighted by atomic mass is 16.8. The lowest BCUT2D eigenvalue weighted by Gasteiger charge is -2.19. The summed E-state index contributed by atoms with van der Waals surface area (Å²) < 4.78 is 20.7. The highest BCUT2D eigenvalue weighted by Crippen LogP contribution is 2.22. The van der Waals surface area contributed by atoms with Crippen molar-refractivity contribution in [2.45, 2.75) is 12.6 Å². The van der Waals surface area contributed by atoms with Gasteiger partial charge >= 0.3 is 6.16 Å². The van der Waals surface area contributed by atoms with Gasteiger partial charge in [-0.1, -0.05) is 60.7 Å². The zero-order valence-electron chi connectivity index (χ0n) is 12.5.